The van der Waals surface area contributed by atoms with Crippen LogP contribution in [0.25, 0.3) is 0 Å². The van der Waals surface area contributed by atoms with Gasteiger partial charge >= 0.3 is 0 Å². The van der Waals surface area contributed by atoms with Crippen LogP contribution in [0, 0.1) is 0 Å². The summed E-state index contributed by atoms with van der Waals surface area (Å²) >= 11 is 0. The summed E-state index contributed by atoms with van der Waals surface area (Å²) in [5.41, 5.74) is 0. The number of nitrogens with one attached hydrogen (secondary N) is 1. The van der Waals surface area contributed by atoms with Crippen LogP contribution in [-0.2, 0) is 33.2 Å². The maximum Gasteiger partial charge on any atom is 0.220 e. The highest BCUT2D eigenvalue weighted by Gasteiger charge is 2.53. The fourth-order valence-corrected chi connectivity index (χ4v) is 12.3. The Kier molecular flexibility index (Phi) is 45.4. The monoisotopic (exact) mass is 1220 g/mol. The van der Waals surface area contributed by atoms with E-state index in [4.69, 9.17) is 28.4 Å². The molecule has 17 unspecified atom stereocenters. The lowest BCUT2D eigenvalue weighted by molar-refractivity contribution is -0.379. The Hall–Kier alpha value is -1.21. The summed E-state index contributed by atoms with van der Waals surface area (Å²) in [7, 11) is 0. The van der Waals surface area contributed by atoms with Crippen LogP contribution in [0.1, 0.15) is 284 Å². The van der Waals surface area contributed by atoms with Gasteiger partial charge in [0.1, 0.15) is 73.2 Å². The van der Waals surface area contributed by atoms with Crippen molar-refractivity contribution in [1.82, 2.24) is 5.32 Å². The van der Waals surface area contributed by atoms with Crippen molar-refractivity contribution in [2.75, 3.05) is 26.4 Å². The summed E-state index contributed by atoms with van der Waals surface area (Å²) in [6.07, 6.45) is 25.1. The summed E-state index contributed by atoms with van der Waals surface area (Å²) in [6, 6.07) is -0.880. The van der Waals surface area contributed by atoms with Crippen molar-refractivity contribution in [2.24, 2.45) is 0 Å². The van der Waals surface area contributed by atoms with E-state index in [2.05, 4.69) is 19.2 Å². The average Bonchev–Trinajstić information content (AvgIpc) is 2.67. The zero-order valence-electron chi connectivity index (χ0n) is 53.1. The molecule has 0 aromatic rings. The van der Waals surface area contributed by atoms with Gasteiger partial charge in [-0.3, -0.25) is 4.79 Å². The molecule has 0 bridgehead atoms. The first kappa shape index (κ1) is 78.0. The van der Waals surface area contributed by atoms with Gasteiger partial charge in [0.05, 0.1) is 38.6 Å². The molecule has 3 saturated heterocycles. The van der Waals surface area contributed by atoms with Gasteiger partial charge in [-0.25, -0.2) is 0 Å². The zero-order chi connectivity index (χ0) is 61.9. The van der Waals surface area contributed by atoms with E-state index < -0.39 is 124 Å². The number of hydrogen-bond donors (Lipinski definition) is 12. The number of amides is 1. The highest BCUT2D eigenvalue weighted by Crippen LogP contribution is 2.33. The van der Waals surface area contributed by atoms with Crippen LogP contribution in [0.4, 0.5) is 0 Å². The molecule has 3 aliphatic rings. The SMILES string of the molecule is CCCCCCCCCCCCCCCCCCCCCCCCCCCCCCCCC(O)C(COC1OC(CO)C(OC2OC(CO)C(OC3OC(CO)C(O)C(O)C3O)C(O)C2O)C(O)C1O)NC(=O)CCCCCCCCCCCC. The van der Waals surface area contributed by atoms with Gasteiger partial charge in [-0.2, -0.15) is 0 Å². The molecule has 17 atom stereocenters. The topological polar surface area (TPSA) is 307 Å². The number of carbonyl (C=O) groups excluding carboxylic acids is 1. The van der Waals surface area contributed by atoms with Crippen molar-refractivity contribution in [3.05, 3.63) is 0 Å². The van der Waals surface area contributed by atoms with E-state index in [9.17, 15) is 61.0 Å². The molecule has 12 N–H and O–H groups in total. The molecular formula is C66H127NO18. The molecule has 3 fully saturated rings. The number of hydrogen-bond acceptors (Lipinski definition) is 18. The van der Waals surface area contributed by atoms with E-state index in [1.165, 1.54) is 205 Å². The van der Waals surface area contributed by atoms with E-state index in [-0.39, 0.29) is 18.9 Å². The highest BCUT2D eigenvalue weighted by molar-refractivity contribution is 5.76. The zero-order valence-corrected chi connectivity index (χ0v) is 53.1. The number of carbonyl (C=O) groups is 1. The predicted octanol–water partition coefficient (Wildman–Crippen LogP) is 8.72. The molecule has 0 aromatic heterocycles. The van der Waals surface area contributed by atoms with Crippen LogP contribution in [0.15, 0.2) is 0 Å². The number of aliphatic hydroxyl groups excluding tert-OH is 11. The van der Waals surface area contributed by atoms with Gasteiger partial charge < -0.3 is 89.9 Å². The third-order valence-corrected chi connectivity index (χ3v) is 17.9. The van der Waals surface area contributed by atoms with E-state index in [1.54, 1.807) is 0 Å². The number of aliphatic hydroxyl groups is 11. The number of unbranched alkanes of at least 4 members (excludes halogenated alkanes) is 38. The van der Waals surface area contributed by atoms with Crippen LogP contribution in [0.3, 0.4) is 0 Å². The second-order valence-electron chi connectivity index (χ2n) is 25.4. The molecule has 85 heavy (non-hydrogen) atoms. The minimum absolute atomic E-state index is 0.241. The molecule has 3 rings (SSSR count). The van der Waals surface area contributed by atoms with Gasteiger partial charge in [0, 0.05) is 6.42 Å². The normalized spacial score (nSPS) is 28.9. The third-order valence-electron chi connectivity index (χ3n) is 17.9. The molecule has 19 nitrogen and oxygen atoms in total. The summed E-state index contributed by atoms with van der Waals surface area (Å²) in [6.45, 7) is 1.81. The fourth-order valence-electron chi connectivity index (χ4n) is 12.3. The standard InChI is InChI=1S/C66H127NO18/c1-3-5-7-9-11-13-15-16-17-18-19-20-21-22-23-24-25-26-27-28-29-30-31-32-33-34-35-37-39-41-43-50(71)49(67-54(72)44-42-40-38-36-14-12-10-8-6-4-2)48-80-64-60(78)57(75)62(52(46-69)82-64)85-66-61(79)58(76)63(53(47-70)83-66)84-65-59(77)56(74)55(73)51(45-68)81-65/h49-53,55-66,68-71,73-79H,3-48H2,1-2H3,(H,67,72). The average molecular weight is 1220 g/mol. The minimum atomic E-state index is -1.97. The van der Waals surface area contributed by atoms with Gasteiger partial charge in [0.15, 0.2) is 18.9 Å². The molecule has 0 aliphatic carbocycles. The predicted molar refractivity (Wildman–Crippen MR) is 328 cm³/mol. The first-order valence-electron chi connectivity index (χ1n) is 34.8. The molecule has 504 valence electrons. The Morgan fingerprint density at radius 2 is 0.671 bits per heavy atom. The Labute approximate surface area is 513 Å². The smallest absolute Gasteiger partial charge is 0.220 e. The quantitative estimate of drug-likeness (QED) is 0.0253. The van der Waals surface area contributed by atoms with Crippen molar-refractivity contribution < 1.29 is 89.4 Å². The van der Waals surface area contributed by atoms with Gasteiger partial charge in [0.25, 0.3) is 0 Å². The third kappa shape index (κ3) is 32.1. The van der Waals surface area contributed by atoms with Gasteiger partial charge in [-0.1, -0.05) is 264 Å². The molecule has 0 aromatic carbocycles. The molecule has 19 heteroatoms. The second kappa shape index (κ2) is 49.5. The van der Waals surface area contributed by atoms with Gasteiger partial charge in [-0.15, -0.1) is 0 Å². The second-order valence-corrected chi connectivity index (χ2v) is 25.4. The largest absolute Gasteiger partial charge is 0.394 e. The van der Waals surface area contributed by atoms with Crippen molar-refractivity contribution in [2.45, 2.75) is 388 Å². The lowest BCUT2D eigenvalue weighted by Crippen LogP contribution is -2.66. The summed E-state index contributed by atoms with van der Waals surface area (Å²) in [5.74, 6) is -0.241. The van der Waals surface area contributed by atoms with Crippen molar-refractivity contribution in [1.29, 1.82) is 0 Å². The van der Waals surface area contributed by atoms with Crippen molar-refractivity contribution in [3.8, 4) is 0 Å². The van der Waals surface area contributed by atoms with E-state index in [0.717, 1.165) is 44.9 Å². The molecule has 0 saturated carbocycles. The molecule has 3 aliphatic heterocycles. The Morgan fingerprint density at radius 1 is 0.376 bits per heavy atom. The van der Waals surface area contributed by atoms with Crippen LogP contribution in [-0.4, -0.2) is 193 Å². The molecule has 0 spiro atoms. The summed E-state index contributed by atoms with van der Waals surface area (Å²) in [5, 5.41) is 120. The fraction of sp³-hybridized carbons (Fsp3) is 0.985. The van der Waals surface area contributed by atoms with Crippen molar-refractivity contribution in [3.63, 3.8) is 0 Å². The van der Waals surface area contributed by atoms with Crippen molar-refractivity contribution >= 4 is 5.91 Å². The molecule has 0 radical (unpaired) electrons. The molecule has 1 amide bonds. The Balaban J connectivity index is 1.35. The van der Waals surface area contributed by atoms with Gasteiger partial charge in [-0.05, 0) is 12.8 Å². The van der Waals surface area contributed by atoms with E-state index in [1.807, 2.05) is 0 Å². The van der Waals surface area contributed by atoms with Gasteiger partial charge in [0.2, 0.25) is 5.91 Å². The number of ether oxygens (including phenoxy) is 6. The van der Waals surface area contributed by atoms with Crippen LogP contribution < -0.4 is 5.32 Å². The minimum Gasteiger partial charge on any atom is -0.394 e. The first-order valence-corrected chi connectivity index (χ1v) is 34.8. The summed E-state index contributed by atoms with van der Waals surface area (Å²) in [4.78, 5) is 13.3. The van der Waals surface area contributed by atoms with Crippen LogP contribution in [0.2, 0.25) is 0 Å². The van der Waals surface area contributed by atoms with Crippen LogP contribution >= 0.6 is 0 Å². The maximum atomic E-state index is 13.3. The summed E-state index contributed by atoms with van der Waals surface area (Å²) < 4.78 is 34.4. The lowest BCUT2D eigenvalue weighted by atomic mass is 9.96. The molecule has 3 heterocycles. The first-order chi connectivity index (χ1) is 41.3. The maximum absolute atomic E-state index is 13.3. The van der Waals surface area contributed by atoms with E-state index >= 15 is 0 Å². The lowest BCUT2D eigenvalue weighted by Gasteiger charge is -2.48. The highest BCUT2D eigenvalue weighted by atomic mass is 16.8. The van der Waals surface area contributed by atoms with Crippen LogP contribution in [0.5, 0.6) is 0 Å². The van der Waals surface area contributed by atoms with E-state index in [0.29, 0.717) is 12.8 Å². The Morgan fingerprint density at radius 3 is 1.02 bits per heavy atom. The Bertz CT molecular complexity index is 1550. The number of rotatable bonds is 54. The molecular weight excluding hydrogens is 1090 g/mol.